The van der Waals surface area contributed by atoms with E-state index in [2.05, 4.69) is 10.3 Å². The second-order valence-electron chi connectivity index (χ2n) is 4.66. The normalized spacial score (nSPS) is 10.6. The van der Waals surface area contributed by atoms with E-state index in [9.17, 15) is 19.1 Å². The van der Waals surface area contributed by atoms with E-state index >= 15 is 0 Å². The topological polar surface area (TPSA) is 85.0 Å². The van der Waals surface area contributed by atoms with E-state index in [-0.39, 0.29) is 16.3 Å². The summed E-state index contributed by atoms with van der Waals surface area (Å²) >= 11 is 0. The van der Waals surface area contributed by atoms with Gasteiger partial charge in [-0.2, -0.15) is 0 Å². The van der Waals surface area contributed by atoms with Gasteiger partial charge < -0.3 is 15.4 Å². The Hall–Kier alpha value is -3.15. The van der Waals surface area contributed by atoms with Crippen molar-refractivity contribution in [3.05, 3.63) is 70.3 Å². The van der Waals surface area contributed by atoms with Gasteiger partial charge in [0, 0.05) is 16.5 Å². The Bertz CT molecular complexity index is 917. The third kappa shape index (κ3) is 2.42. The number of hydrogen-bond acceptors (Lipinski definition) is 3. The molecule has 3 rings (SSSR count). The predicted octanol–water partition coefficient (Wildman–Crippen LogP) is 1.99. The molecule has 0 radical (unpaired) electrons. The van der Waals surface area contributed by atoms with Crippen molar-refractivity contribution in [1.82, 2.24) is 4.98 Å². The van der Waals surface area contributed by atoms with Crippen LogP contribution in [0.4, 0.5) is 10.1 Å². The zero-order valence-electron chi connectivity index (χ0n) is 11.2. The van der Waals surface area contributed by atoms with Crippen molar-refractivity contribution in [2.24, 2.45) is 0 Å². The summed E-state index contributed by atoms with van der Waals surface area (Å²) in [7, 11) is 0. The molecule has 1 amide bonds. The van der Waals surface area contributed by atoms with E-state index in [1.807, 2.05) is 0 Å². The number of halogens is 1. The second kappa shape index (κ2) is 5.33. The van der Waals surface area contributed by atoms with Gasteiger partial charge in [-0.1, -0.05) is 18.2 Å². The van der Waals surface area contributed by atoms with Gasteiger partial charge in [0.15, 0.2) is 0 Å². The Morgan fingerprint density at radius 3 is 2.36 bits per heavy atom. The van der Waals surface area contributed by atoms with Crippen LogP contribution in [-0.2, 0) is 0 Å². The standard InChI is InChI=1S/C16H11FN2O3/c17-9-5-7-10(8-6-9)18-15(21)13-11-3-1-2-4-12(11)14(20)19-16(13)22/h1-8H,(H,18,21)(H2,19,20,22)/p-1. The zero-order valence-corrected chi connectivity index (χ0v) is 11.2. The van der Waals surface area contributed by atoms with Crippen LogP contribution < -0.4 is 16.0 Å². The quantitative estimate of drug-likeness (QED) is 0.758. The van der Waals surface area contributed by atoms with Crippen LogP contribution in [0, 0.1) is 5.82 Å². The summed E-state index contributed by atoms with van der Waals surface area (Å²) < 4.78 is 12.9. The number of pyridine rings is 1. The molecule has 1 aromatic heterocycles. The maximum absolute atomic E-state index is 12.9. The SMILES string of the molecule is O=C(Nc1ccc(F)cc1)c1c([O-])[nH]c(=O)c2ccccc12. The summed E-state index contributed by atoms with van der Waals surface area (Å²) in [6, 6.07) is 11.5. The van der Waals surface area contributed by atoms with Gasteiger partial charge >= 0.3 is 0 Å². The first kappa shape index (κ1) is 13.8. The number of carbonyl (C=O) groups is 1. The number of fused-ring (bicyclic) bond motifs is 1. The lowest BCUT2D eigenvalue weighted by Gasteiger charge is -2.15. The molecular weight excluding hydrogens is 287 g/mol. The number of hydrogen-bond donors (Lipinski definition) is 2. The lowest BCUT2D eigenvalue weighted by molar-refractivity contribution is -0.275. The van der Waals surface area contributed by atoms with Crippen LogP contribution in [0.1, 0.15) is 10.4 Å². The van der Waals surface area contributed by atoms with Crippen LogP contribution >= 0.6 is 0 Å². The molecule has 0 saturated heterocycles. The molecule has 0 aliphatic rings. The third-order valence-electron chi connectivity index (χ3n) is 3.22. The second-order valence-corrected chi connectivity index (χ2v) is 4.66. The van der Waals surface area contributed by atoms with Gasteiger partial charge in [-0.3, -0.25) is 9.59 Å². The predicted molar refractivity (Wildman–Crippen MR) is 78.4 cm³/mol. The van der Waals surface area contributed by atoms with E-state index in [1.165, 1.54) is 36.4 Å². The number of nitrogens with one attached hydrogen (secondary N) is 2. The molecule has 0 atom stereocenters. The summed E-state index contributed by atoms with van der Waals surface area (Å²) in [5.74, 6) is -1.86. The molecule has 2 N–H and O–H groups in total. The molecule has 0 fully saturated rings. The molecule has 0 bridgehead atoms. The Kier molecular flexibility index (Phi) is 3.34. The first-order valence-corrected chi connectivity index (χ1v) is 6.45. The van der Waals surface area contributed by atoms with Crippen molar-refractivity contribution in [1.29, 1.82) is 0 Å². The summed E-state index contributed by atoms with van der Waals surface area (Å²) in [6.07, 6.45) is 0. The minimum atomic E-state index is -0.761. The highest BCUT2D eigenvalue weighted by Gasteiger charge is 2.13. The number of anilines is 1. The fourth-order valence-corrected chi connectivity index (χ4v) is 2.21. The van der Waals surface area contributed by atoms with Gasteiger partial charge in [-0.25, -0.2) is 4.39 Å². The van der Waals surface area contributed by atoms with Crippen molar-refractivity contribution >= 4 is 22.4 Å². The minimum absolute atomic E-state index is 0.153. The van der Waals surface area contributed by atoms with Crippen LogP contribution in [0.15, 0.2) is 53.3 Å². The van der Waals surface area contributed by atoms with E-state index in [0.29, 0.717) is 5.69 Å². The maximum Gasteiger partial charge on any atom is 0.257 e. The van der Waals surface area contributed by atoms with Crippen LogP contribution in [0.25, 0.3) is 10.8 Å². The molecule has 22 heavy (non-hydrogen) atoms. The highest BCUT2D eigenvalue weighted by Crippen LogP contribution is 2.22. The Balaban J connectivity index is 2.07. The fraction of sp³-hybridized carbons (Fsp3) is 0. The van der Waals surface area contributed by atoms with Crippen molar-refractivity contribution in [2.75, 3.05) is 5.32 Å². The Labute approximate surface area is 124 Å². The third-order valence-corrected chi connectivity index (χ3v) is 3.22. The summed E-state index contributed by atoms with van der Waals surface area (Å²) in [4.78, 5) is 26.2. The van der Waals surface area contributed by atoms with E-state index < -0.39 is 23.2 Å². The van der Waals surface area contributed by atoms with Crippen LogP contribution in [0.5, 0.6) is 5.88 Å². The molecule has 0 unspecified atom stereocenters. The zero-order chi connectivity index (χ0) is 15.7. The molecule has 0 saturated carbocycles. The average molecular weight is 297 g/mol. The van der Waals surface area contributed by atoms with E-state index in [4.69, 9.17) is 0 Å². The van der Waals surface area contributed by atoms with E-state index in [0.717, 1.165) is 0 Å². The van der Waals surface area contributed by atoms with Crippen LogP contribution in [0.3, 0.4) is 0 Å². The molecule has 3 aromatic rings. The lowest BCUT2D eigenvalue weighted by atomic mass is 10.1. The van der Waals surface area contributed by atoms with Crippen LogP contribution in [0.2, 0.25) is 0 Å². The summed E-state index contributed by atoms with van der Waals surface area (Å²) in [6.45, 7) is 0. The number of H-pyrrole nitrogens is 1. The molecule has 2 aromatic carbocycles. The fourth-order valence-electron chi connectivity index (χ4n) is 2.21. The van der Waals surface area contributed by atoms with Gasteiger partial charge in [0.1, 0.15) is 5.82 Å². The molecule has 0 aliphatic carbocycles. The summed E-state index contributed by atoms with van der Waals surface area (Å²) in [5.41, 5.74) is -0.348. The smallest absolute Gasteiger partial charge is 0.257 e. The average Bonchev–Trinajstić information content (AvgIpc) is 2.49. The van der Waals surface area contributed by atoms with Crippen molar-refractivity contribution in [3.8, 4) is 5.88 Å². The van der Waals surface area contributed by atoms with Crippen molar-refractivity contribution in [3.63, 3.8) is 0 Å². The van der Waals surface area contributed by atoms with Gasteiger partial charge in [0.2, 0.25) is 0 Å². The maximum atomic E-state index is 12.9. The van der Waals surface area contributed by atoms with Gasteiger partial charge in [-0.05, 0) is 36.2 Å². The monoisotopic (exact) mass is 297 g/mol. The van der Waals surface area contributed by atoms with Gasteiger partial charge in [-0.15, -0.1) is 0 Å². The number of amides is 1. The Morgan fingerprint density at radius 1 is 1.05 bits per heavy atom. The van der Waals surface area contributed by atoms with Gasteiger partial charge in [0.05, 0.1) is 5.56 Å². The number of benzene rings is 2. The summed E-state index contributed by atoms with van der Waals surface area (Å²) in [5, 5.41) is 15.0. The number of carbonyl (C=O) groups excluding carboxylic acids is 1. The Morgan fingerprint density at radius 2 is 1.68 bits per heavy atom. The molecule has 5 nitrogen and oxygen atoms in total. The number of aromatic amines is 1. The molecule has 0 spiro atoms. The first-order chi connectivity index (χ1) is 10.6. The largest absolute Gasteiger partial charge is 0.860 e. The molecule has 110 valence electrons. The molecule has 0 aliphatic heterocycles. The molecule has 6 heteroatoms. The van der Waals surface area contributed by atoms with Crippen molar-refractivity contribution in [2.45, 2.75) is 0 Å². The lowest BCUT2D eigenvalue weighted by Crippen LogP contribution is -2.20. The van der Waals surface area contributed by atoms with E-state index in [1.54, 1.807) is 12.1 Å². The van der Waals surface area contributed by atoms with Gasteiger partial charge in [0.25, 0.3) is 11.5 Å². The molecular formula is C16H10FN2O3-. The highest BCUT2D eigenvalue weighted by atomic mass is 19.1. The van der Waals surface area contributed by atoms with Crippen LogP contribution in [-0.4, -0.2) is 10.9 Å². The molecule has 1 heterocycles. The minimum Gasteiger partial charge on any atom is -0.860 e. The highest BCUT2D eigenvalue weighted by molar-refractivity contribution is 6.14. The van der Waals surface area contributed by atoms with Crippen molar-refractivity contribution < 1.29 is 14.3 Å². The number of rotatable bonds is 2. The number of aromatic nitrogens is 1. The first-order valence-electron chi connectivity index (χ1n) is 6.45.